The van der Waals surface area contributed by atoms with Crippen LogP contribution >= 0.6 is 0 Å². The number of anilines is 1. The number of nitrogens with one attached hydrogen (secondary N) is 1. The molecule has 1 aromatic carbocycles. The summed E-state index contributed by atoms with van der Waals surface area (Å²) < 4.78 is 9.83. The Hall–Kier alpha value is -2.63. The van der Waals surface area contributed by atoms with E-state index in [1.807, 2.05) is 0 Å². The topological polar surface area (TPSA) is 81.4 Å². The smallest absolute Gasteiger partial charge is 0.337 e. The molecule has 0 aliphatic heterocycles. The number of hydrogen-bond acceptors (Lipinski definition) is 5. The van der Waals surface area contributed by atoms with Crippen LogP contribution in [0.4, 0.5) is 5.69 Å². The van der Waals surface area contributed by atoms with Crippen molar-refractivity contribution < 1.29 is 18.7 Å². The number of amides is 1. The lowest BCUT2D eigenvalue weighted by Crippen LogP contribution is -2.12. The van der Waals surface area contributed by atoms with E-state index >= 15 is 0 Å². The third-order valence-corrected chi connectivity index (χ3v) is 2.67. The monoisotopic (exact) mass is 274 g/mol. The standard InChI is InChI=1S/C14H14N2O4/c1-8-12(20-9(2)15-8)13(17)16-11-6-4-10(5-7-11)14(18)19-3/h4-7H,1-3H3,(H,16,17). The zero-order chi connectivity index (χ0) is 14.7. The molecular formula is C14H14N2O4. The maximum atomic E-state index is 12.0. The Labute approximate surface area is 115 Å². The van der Waals surface area contributed by atoms with Crippen molar-refractivity contribution in [1.82, 2.24) is 4.98 Å². The van der Waals surface area contributed by atoms with Gasteiger partial charge < -0.3 is 14.5 Å². The van der Waals surface area contributed by atoms with Crippen LogP contribution in [-0.4, -0.2) is 24.0 Å². The summed E-state index contributed by atoms with van der Waals surface area (Å²) in [4.78, 5) is 27.3. The summed E-state index contributed by atoms with van der Waals surface area (Å²) in [5.41, 5.74) is 1.50. The van der Waals surface area contributed by atoms with E-state index in [1.165, 1.54) is 7.11 Å². The average molecular weight is 274 g/mol. The van der Waals surface area contributed by atoms with Gasteiger partial charge in [-0.25, -0.2) is 9.78 Å². The summed E-state index contributed by atoms with van der Waals surface area (Å²) in [6.45, 7) is 3.38. The van der Waals surface area contributed by atoms with Crippen LogP contribution in [0.15, 0.2) is 28.7 Å². The molecule has 0 aliphatic carbocycles. The first kappa shape index (κ1) is 13.8. The normalized spacial score (nSPS) is 10.2. The van der Waals surface area contributed by atoms with Crippen molar-refractivity contribution in [3.63, 3.8) is 0 Å². The van der Waals surface area contributed by atoms with E-state index in [0.29, 0.717) is 22.8 Å². The Morgan fingerprint density at radius 2 is 1.85 bits per heavy atom. The molecule has 0 bridgehead atoms. The summed E-state index contributed by atoms with van der Waals surface area (Å²) in [7, 11) is 1.31. The molecule has 0 radical (unpaired) electrons. The number of aryl methyl sites for hydroxylation is 2. The number of methoxy groups -OCH3 is 1. The minimum atomic E-state index is -0.426. The van der Waals surface area contributed by atoms with Crippen molar-refractivity contribution in [3.8, 4) is 0 Å². The largest absolute Gasteiger partial charge is 0.465 e. The van der Waals surface area contributed by atoms with Gasteiger partial charge in [0.15, 0.2) is 5.89 Å². The minimum absolute atomic E-state index is 0.180. The molecule has 0 fully saturated rings. The fraction of sp³-hybridized carbons (Fsp3) is 0.214. The summed E-state index contributed by atoms with van der Waals surface area (Å²) >= 11 is 0. The molecule has 2 aromatic rings. The van der Waals surface area contributed by atoms with Gasteiger partial charge in [-0.3, -0.25) is 4.79 Å². The lowest BCUT2D eigenvalue weighted by atomic mass is 10.2. The Bertz CT molecular complexity index is 644. The van der Waals surface area contributed by atoms with E-state index < -0.39 is 5.97 Å². The molecule has 104 valence electrons. The van der Waals surface area contributed by atoms with Crippen LogP contribution in [0.2, 0.25) is 0 Å². The lowest BCUT2D eigenvalue weighted by Gasteiger charge is -2.04. The predicted molar refractivity (Wildman–Crippen MR) is 71.7 cm³/mol. The average Bonchev–Trinajstić information content (AvgIpc) is 2.78. The number of hydrogen-bond donors (Lipinski definition) is 1. The molecule has 6 nitrogen and oxygen atoms in total. The molecule has 6 heteroatoms. The Morgan fingerprint density at radius 3 is 2.35 bits per heavy atom. The Balaban J connectivity index is 2.12. The first-order valence-electron chi connectivity index (χ1n) is 5.95. The van der Waals surface area contributed by atoms with Crippen LogP contribution in [0, 0.1) is 13.8 Å². The van der Waals surface area contributed by atoms with Crippen molar-refractivity contribution in [2.24, 2.45) is 0 Å². The van der Waals surface area contributed by atoms with Gasteiger partial charge in [0.25, 0.3) is 5.91 Å². The number of carbonyl (C=O) groups is 2. The first-order valence-corrected chi connectivity index (χ1v) is 5.95. The second-order valence-electron chi connectivity index (χ2n) is 4.17. The molecule has 1 amide bonds. The summed E-state index contributed by atoms with van der Waals surface area (Å²) in [6, 6.07) is 6.37. The molecular weight excluding hydrogens is 260 g/mol. The van der Waals surface area contributed by atoms with Gasteiger partial charge in [0.05, 0.1) is 18.4 Å². The molecule has 0 atom stereocenters. The van der Waals surface area contributed by atoms with E-state index in [9.17, 15) is 9.59 Å². The number of carbonyl (C=O) groups excluding carboxylic acids is 2. The zero-order valence-corrected chi connectivity index (χ0v) is 11.4. The van der Waals surface area contributed by atoms with Crippen molar-refractivity contribution in [1.29, 1.82) is 0 Å². The zero-order valence-electron chi connectivity index (χ0n) is 11.4. The van der Waals surface area contributed by atoms with Gasteiger partial charge in [0.1, 0.15) is 0 Å². The van der Waals surface area contributed by atoms with Crippen molar-refractivity contribution in [2.75, 3.05) is 12.4 Å². The molecule has 1 N–H and O–H groups in total. The molecule has 20 heavy (non-hydrogen) atoms. The summed E-state index contributed by atoms with van der Waals surface area (Å²) in [6.07, 6.45) is 0. The number of ether oxygens (including phenoxy) is 1. The third-order valence-electron chi connectivity index (χ3n) is 2.67. The van der Waals surface area contributed by atoms with E-state index in [4.69, 9.17) is 4.42 Å². The minimum Gasteiger partial charge on any atom is -0.465 e. The van der Waals surface area contributed by atoms with E-state index in [2.05, 4.69) is 15.0 Å². The van der Waals surface area contributed by atoms with Crippen LogP contribution < -0.4 is 5.32 Å². The predicted octanol–water partition coefficient (Wildman–Crippen LogP) is 2.33. The van der Waals surface area contributed by atoms with Crippen LogP contribution in [0.3, 0.4) is 0 Å². The van der Waals surface area contributed by atoms with Crippen LogP contribution in [0.25, 0.3) is 0 Å². The number of rotatable bonds is 3. The van der Waals surface area contributed by atoms with Gasteiger partial charge in [-0.15, -0.1) is 0 Å². The van der Waals surface area contributed by atoms with E-state index in [1.54, 1.807) is 38.1 Å². The number of oxazole rings is 1. The molecule has 0 saturated carbocycles. The summed E-state index contributed by atoms with van der Waals surface area (Å²) in [5, 5.41) is 2.67. The molecule has 0 saturated heterocycles. The maximum absolute atomic E-state index is 12.0. The second kappa shape index (κ2) is 5.56. The van der Waals surface area contributed by atoms with E-state index in [0.717, 1.165) is 0 Å². The van der Waals surface area contributed by atoms with Gasteiger partial charge in [0.2, 0.25) is 5.76 Å². The van der Waals surface area contributed by atoms with Crippen LogP contribution in [-0.2, 0) is 4.74 Å². The Morgan fingerprint density at radius 1 is 1.20 bits per heavy atom. The quantitative estimate of drug-likeness (QED) is 0.869. The highest BCUT2D eigenvalue weighted by Crippen LogP contribution is 2.14. The van der Waals surface area contributed by atoms with Crippen molar-refractivity contribution in [2.45, 2.75) is 13.8 Å². The van der Waals surface area contributed by atoms with Gasteiger partial charge in [0, 0.05) is 12.6 Å². The van der Waals surface area contributed by atoms with Crippen LogP contribution in [0.5, 0.6) is 0 Å². The van der Waals surface area contributed by atoms with Crippen molar-refractivity contribution >= 4 is 17.6 Å². The second-order valence-corrected chi connectivity index (χ2v) is 4.17. The van der Waals surface area contributed by atoms with Gasteiger partial charge in [-0.1, -0.05) is 0 Å². The first-order chi connectivity index (χ1) is 9.51. The van der Waals surface area contributed by atoms with Crippen LogP contribution in [0.1, 0.15) is 32.5 Å². The number of esters is 1. The highest BCUT2D eigenvalue weighted by Gasteiger charge is 2.16. The highest BCUT2D eigenvalue weighted by atomic mass is 16.5. The van der Waals surface area contributed by atoms with Gasteiger partial charge in [-0.05, 0) is 31.2 Å². The fourth-order valence-corrected chi connectivity index (χ4v) is 1.74. The van der Waals surface area contributed by atoms with Gasteiger partial charge >= 0.3 is 5.97 Å². The number of nitrogens with zero attached hydrogens (tertiary/aromatic N) is 1. The van der Waals surface area contributed by atoms with Gasteiger partial charge in [-0.2, -0.15) is 0 Å². The summed E-state index contributed by atoms with van der Waals surface area (Å²) in [5.74, 6) is -0.188. The lowest BCUT2D eigenvalue weighted by molar-refractivity contribution is 0.0600. The molecule has 0 aliphatic rings. The van der Waals surface area contributed by atoms with Crippen molar-refractivity contribution in [3.05, 3.63) is 47.2 Å². The molecule has 0 unspecified atom stereocenters. The highest BCUT2D eigenvalue weighted by molar-refractivity contribution is 6.03. The Kier molecular flexibility index (Phi) is 3.84. The molecule has 1 aromatic heterocycles. The fourth-order valence-electron chi connectivity index (χ4n) is 1.74. The molecule has 1 heterocycles. The number of benzene rings is 1. The molecule has 0 spiro atoms. The third kappa shape index (κ3) is 2.85. The number of aromatic nitrogens is 1. The van der Waals surface area contributed by atoms with E-state index in [-0.39, 0.29) is 11.7 Å². The SMILES string of the molecule is COC(=O)c1ccc(NC(=O)c2oc(C)nc2C)cc1. The maximum Gasteiger partial charge on any atom is 0.337 e. The molecule has 2 rings (SSSR count).